The zero-order chi connectivity index (χ0) is 19.5. The molecule has 1 N–H and O–H groups in total. The predicted octanol–water partition coefficient (Wildman–Crippen LogP) is 3.95. The number of anilines is 2. The van der Waals surface area contributed by atoms with Gasteiger partial charge in [-0.15, -0.1) is 0 Å². The van der Waals surface area contributed by atoms with Gasteiger partial charge in [-0.05, 0) is 41.8 Å². The molecule has 3 aromatic rings. The number of carbonyl (C=O) groups is 1. The van der Waals surface area contributed by atoms with Crippen molar-refractivity contribution in [2.75, 3.05) is 23.9 Å². The molecular formula is C21H19ClN4O2. The number of fused-ring (bicyclic) bond motifs is 1. The third-order valence-corrected chi connectivity index (χ3v) is 4.93. The molecule has 142 valence electrons. The number of hydrogen-bond donors (Lipinski definition) is 1. The average molecular weight is 395 g/mol. The van der Waals surface area contributed by atoms with Gasteiger partial charge in [0.1, 0.15) is 11.4 Å². The normalized spacial score (nSPS) is 13.0. The minimum Gasteiger partial charge on any atom is -0.495 e. The first-order chi connectivity index (χ1) is 13.6. The maximum absolute atomic E-state index is 12.7. The van der Waals surface area contributed by atoms with Gasteiger partial charge in [0.25, 0.3) is 5.91 Å². The first kappa shape index (κ1) is 18.3. The maximum atomic E-state index is 12.7. The average Bonchev–Trinajstić information content (AvgIpc) is 2.73. The van der Waals surface area contributed by atoms with Crippen LogP contribution in [-0.2, 0) is 13.0 Å². The molecule has 0 radical (unpaired) electrons. The first-order valence-electron chi connectivity index (χ1n) is 8.94. The number of nitrogens with zero attached hydrogens (tertiary/aromatic N) is 3. The highest BCUT2D eigenvalue weighted by Gasteiger charge is 2.20. The number of rotatable bonds is 4. The van der Waals surface area contributed by atoms with E-state index in [1.54, 1.807) is 30.5 Å². The standard InChI is InChI=1S/C21H19ClN4O2/c1-28-19-7-6-16(22)12-18(19)24-20(27)17-8-10-23-21(25-17)26-11-9-14-4-2-3-5-15(14)13-26/h2-8,10,12H,9,11,13H2,1H3,(H,24,27). The van der Waals surface area contributed by atoms with Gasteiger partial charge in [0.15, 0.2) is 0 Å². The quantitative estimate of drug-likeness (QED) is 0.725. The van der Waals surface area contributed by atoms with Crippen molar-refractivity contribution in [1.29, 1.82) is 0 Å². The number of carbonyl (C=O) groups excluding carboxylic acids is 1. The molecule has 1 aliphatic rings. The van der Waals surface area contributed by atoms with Crippen LogP contribution in [0.3, 0.4) is 0 Å². The molecule has 0 aliphatic carbocycles. The smallest absolute Gasteiger partial charge is 0.274 e. The van der Waals surface area contributed by atoms with Crippen molar-refractivity contribution >= 4 is 29.1 Å². The van der Waals surface area contributed by atoms with E-state index in [-0.39, 0.29) is 11.6 Å². The minimum absolute atomic E-state index is 0.283. The van der Waals surface area contributed by atoms with Crippen LogP contribution in [0, 0.1) is 0 Å². The molecule has 2 heterocycles. The summed E-state index contributed by atoms with van der Waals surface area (Å²) in [4.78, 5) is 23.6. The van der Waals surface area contributed by atoms with Crippen LogP contribution in [0.4, 0.5) is 11.6 Å². The van der Waals surface area contributed by atoms with Gasteiger partial charge >= 0.3 is 0 Å². The molecule has 0 atom stereocenters. The molecule has 0 spiro atoms. The molecule has 7 heteroatoms. The number of aromatic nitrogens is 2. The van der Waals surface area contributed by atoms with Gasteiger partial charge < -0.3 is 15.0 Å². The fraction of sp³-hybridized carbons (Fsp3) is 0.190. The first-order valence-corrected chi connectivity index (χ1v) is 9.31. The Morgan fingerprint density at radius 2 is 2.00 bits per heavy atom. The molecule has 4 rings (SSSR count). The van der Waals surface area contributed by atoms with Crippen LogP contribution in [-0.4, -0.2) is 29.5 Å². The molecule has 0 saturated heterocycles. The summed E-state index contributed by atoms with van der Waals surface area (Å²) in [6.45, 7) is 1.54. The largest absolute Gasteiger partial charge is 0.495 e. The Bertz CT molecular complexity index is 1020. The Morgan fingerprint density at radius 3 is 2.82 bits per heavy atom. The molecule has 1 amide bonds. The lowest BCUT2D eigenvalue weighted by Gasteiger charge is -2.28. The third kappa shape index (κ3) is 3.77. The molecule has 28 heavy (non-hydrogen) atoms. The second-order valence-electron chi connectivity index (χ2n) is 6.48. The van der Waals surface area contributed by atoms with Crippen molar-refractivity contribution in [2.45, 2.75) is 13.0 Å². The van der Waals surface area contributed by atoms with Crippen molar-refractivity contribution in [2.24, 2.45) is 0 Å². The molecule has 2 aromatic carbocycles. The number of methoxy groups -OCH3 is 1. The highest BCUT2D eigenvalue weighted by molar-refractivity contribution is 6.31. The predicted molar refractivity (Wildman–Crippen MR) is 109 cm³/mol. The summed E-state index contributed by atoms with van der Waals surface area (Å²) in [5, 5.41) is 3.31. The van der Waals surface area contributed by atoms with Crippen molar-refractivity contribution in [3.8, 4) is 5.75 Å². The number of hydrogen-bond acceptors (Lipinski definition) is 5. The number of benzene rings is 2. The van der Waals surface area contributed by atoms with Crippen LogP contribution in [0.1, 0.15) is 21.6 Å². The highest BCUT2D eigenvalue weighted by Crippen LogP contribution is 2.28. The van der Waals surface area contributed by atoms with E-state index < -0.39 is 0 Å². The summed E-state index contributed by atoms with van der Waals surface area (Å²) in [5.74, 6) is 0.724. The van der Waals surface area contributed by atoms with Crippen molar-refractivity contribution in [3.63, 3.8) is 0 Å². The van der Waals surface area contributed by atoms with Gasteiger partial charge in [-0.25, -0.2) is 9.97 Å². The lowest BCUT2D eigenvalue weighted by Crippen LogP contribution is -2.32. The Balaban J connectivity index is 1.54. The van der Waals surface area contributed by atoms with E-state index in [0.29, 0.717) is 22.4 Å². The highest BCUT2D eigenvalue weighted by atomic mass is 35.5. The Kier molecular flexibility index (Phi) is 5.12. The third-order valence-electron chi connectivity index (χ3n) is 4.70. The van der Waals surface area contributed by atoms with Gasteiger partial charge in [0.2, 0.25) is 5.95 Å². The van der Waals surface area contributed by atoms with Crippen molar-refractivity contribution in [1.82, 2.24) is 9.97 Å². The molecule has 1 aromatic heterocycles. The monoisotopic (exact) mass is 394 g/mol. The summed E-state index contributed by atoms with van der Waals surface area (Å²) in [6, 6.07) is 15.0. The summed E-state index contributed by atoms with van der Waals surface area (Å²) >= 11 is 6.03. The van der Waals surface area contributed by atoms with Gasteiger partial charge in [0.05, 0.1) is 12.8 Å². The molecule has 0 unspecified atom stereocenters. The van der Waals surface area contributed by atoms with E-state index in [4.69, 9.17) is 16.3 Å². The van der Waals surface area contributed by atoms with Crippen molar-refractivity contribution < 1.29 is 9.53 Å². The van der Waals surface area contributed by atoms with Gasteiger partial charge in [-0.2, -0.15) is 0 Å². The van der Waals surface area contributed by atoms with Crippen LogP contribution >= 0.6 is 11.6 Å². The van der Waals surface area contributed by atoms with Gasteiger partial charge in [-0.1, -0.05) is 35.9 Å². The summed E-state index contributed by atoms with van der Waals surface area (Å²) in [7, 11) is 1.54. The Hall–Kier alpha value is -3.12. The minimum atomic E-state index is -0.346. The molecular weight excluding hydrogens is 376 g/mol. The van der Waals surface area contributed by atoms with Crippen LogP contribution in [0.2, 0.25) is 5.02 Å². The summed E-state index contributed by atoms with van der Waals surface area (Å²) < 4.78 is 5.27. The molecule has 0 fully saturated rings. The second-order valence-corrected chi connectivity index (χ2v) is 6.92. The Labute approximate surface area is 168 Å². The van der Waals surface area contributed by atoms with E-state index in [1.807, 2.05) is 6.07 Å². The zero-order valence-corrected chi connectivity index (χ0v) is 16.1. The van der Waals surface area contributed by atoms with Crippen LogP contribution in [0.25, 0.3) is 0 Å². The molecule has 0 saturated carbocycles. The van der Waals surface area contributed by atoms with Crippen LogP contribution in [0.15, 0.2) is 54.7 Å². The molecule has 6 nitrogen and oxygen atoms in total. The Morgan fingerprint density at radius 1 is 1.18 bits per heavy atom. The van der Waals surface area contributed by atoms with E-state index >= 15 is 0 Å². The fourth-order valence-electron chi connectivity index (χ4n) is 3.26. The lowest BCUT2D eigenvalue weighted by atomic mass is 10.0. The lowest BCUT2D eigenvalue weighted by molar-refractivity contribution is 0.102. The van der Waals surface area contributed by atoms with Crippen LogP contribution < -0.4 is 15.0 Å². The van der Waals surface area contributed by atoms with Crippen molar-refractivity contribution in [3.05, 3.63) is 76.6 Å². The number of amides is 1. The van der Waals surface area contributed by atoms with Crippen LogP contribution in [0.5, 0.6) is 5.75 Å². The van der Waals surface area contributed by atoms with E-state index in [9.17, 15) is 4.79 Å². The molecule has 1 aliphatic heterocycles. The molecule has 0 bridgehead atoms. The number of ether oxygens (including phenoxy) is 1. The SMILES string of the molecule is COc1ccc(Cl)cc1NC(=O)c1ccnc(N2CCc3ccccc3C2)n1. The zero-order valence-electron chi connectivity index (χ0n) is 15.4. The van der Waals surface area contributed by atoms with E-state index in [1.165, 1.54) is 18.2 Å². The topological polar surface area (TPSA) is 67.3 Å². The number of halogens is 1. The fourth-order valence-corrected chi connectivity index (χ4v) is 3.43. The van der Waals surface area contributed by atoms with Gasteiger partial charge in [0, 0.05) is 24.3 Å². The summed E-state index contributed by atoms with van der Waals surface area (Å²) in [6.07, 6.45) is 2.53. The second kappa shape index (κ2) is 7.86. The number of nitrogens with one attached hydrogen (secondary N) is 1. The summed E-state index contributed by atoms with van der Waals surface area (Å²) in [5.41, 5.74) is 3.38. The maximum Gasteiger partial charge on any atom is 0.274 e. The van der Waals surface area contributed by atoms with E-state index in [0.717, 1.165) is 19.5 Å². The van der Waals surface area contributed by atoms with E-state index in [2.05, 4.69) is 38.4 Å². The van der Waals surface area contributed by atoms with Gasteiger partial charge in [-0.3, -0.25) is 4.79 Å².